The number of carbonyl (C=O) groups is 1. The van der Waals surface area contributed by atoms with E-state index in [4.69, 9.17) is 0 Å². The van der Waals surface area contributed by atoms with Crippen molar-refractivity contribution in [1.29, 1.82) is 0 Å². The molecule has 0 saturated heterocycles. The number of amides is 1. The van der Waals surface area contributed by atoms with Crippen molar-refractivity contribution in [2.24, 2.45) is 0 Å². The second-order valence-corrected chi connectivity index (χ2v) is 4.77. The second kappa shape index (κ2) is 6.02. The van der Waals surface area contributed by atoms with Crippen LogP contribution in [-0.4, -0.2) is 31.7 Å². The molecule has 2 N–H and O–H groups in total. The number of carbonyl (C=O) groups excluding carboxylic acids is 1. The average molecular weight is 301 g/mol. The summed E-state index contributed by atoms with van der Waals surface area (Å²) in [5, 5.41) is 12.1. The number of nitrogens with zero attached hydrogens (tertiary/aromatic N) is 1. The van der Waals surface area contributed by atoms with Crippen LogP contribution in [0.1, 0.15) is 18.6 Å². The number of aliphatic hydroxyl groups excluding tert-OH is 1. The molecule has 0 radical (unpaired) electrons. The van der Waals surface area contributed by atoms with Crippen LogP contribution in [0.3, 0.4) is 0 Å². The van der Waals surface area contributed by atoms with Crippen molar-refractivity contribution < 1.29 is 9.90 Å². The Morgan fingerprint density at radius 3 is 2.71 bits per heavy atom. The van der Waals surface area contributed by atoms with Gasteiger partial charge >= 0.3 is 0 Å². The van der Waals surface area contributed by atoms with Crippen molar-refractivity contribution in [3.8, 4) is 0 Å². The highest BCUT2D eigenvalue weighted by Gasteiger charge is 2.10. The van der Waals surface area contributed by atoms with Crippen LogP contribution in [-0.2, 0) is 4.79 Å². The molecule has 4 nitrogen and oxygen atoms in total. The van der Waals surface area contributed by atoms with E-state index in [0.29, 0.717) is 6.54 Å². The van der Waals surface area contributed by atoms with Crippen molar-refractivity contribution in [3.63, 3.8) is 0 Å². The Balaban J connectivity index is 2.86. The molecule has 0 aliphatic carbocycles. The third-order valence-electron chi connectivity index (χ3n) is 2.53. The first kappa shape index (κ1) is 14.0. The van der Waals surface area contributed by atoms with Crippen molar-refractivity contribution >= 4 is 27.5 Å². The lowest BCUT2D eigenvalue weighted by molar-refractivity contribution is -0.119. The molecule has 1 aromatic rings. The SMILES string of the molecule is CNC(=O)CN(C)c1ccc([C@H](C)O)c(Br)c1. The van der Waals surface area contributed by atoms with Crippen LogP contribution < -0.4 is 10.2 Å². The fraction of sp³-hybridized carbons (Fsp3) is 0.417. The molecule has 0 heterocycles. The standard InChI is InChI=1S/C12H17BrN2O2/c1-8(16)10-5-4-9(6-11(10)13)15(3)7-12(17)14-2/h4-6,8,16H,7H2,1-3H3,(H,14,17)/t8-/m0/s1. The lowest BCUT2D eigenvalue weighted by Gasteiger charge is -2.19. The molecule has 1 aromatic carbocycles. The van der Waals surface area contributed by atoms with E-state index in [-0.39, 0.29) is 5.91 Å². The van der Waals surface area contributed by atoms with Crippen molar-refractivity contribution in [1.82, 2.24) is 5.32 Å². The maximum Gasteiger partial charge on any atom is 0.239 e. The van der Waals surface area contributed by atoms with Gasteiger partial charge in [0.1, 0.15) is 0 Å². The van der Waals surface area contributed by atoms with E-state index in [1.165, 1.54) is 0 Å². The van der Waals surface area contributed by atoms with E-state index in [2.05, 4.69) is 21.2 Å². The van der Waals surface area contributed by atoms with Crippen LogP contribution in [0.2, 0.25) is 0 Å². The zero-order valence-corrected chi connectivity index (χ0v) is 11.8. The highest BCUT2D eigenvalue weighted by Crippen LogP contribution is 2.27. The number of aliphatic hydroxyl groups is 1. The summed E-state index contributed by atoms with van der Waals surface area (Å²) < 4.78 is 0.841. The van der Waals surface area contributed by atoms with Crippen LogP contribution in [0.4, 0.5) is 5.69 Å². The lowest BCUT2D eigenvalue weighted by atomic mass is 10.1. The quantitative estimate of drug-likeness (QED) is 0.890. The normalized spacial score (nSPS) is 12.1. The van der Waals surface area contributed by atoms with Crippen molar-refractivity contribution in [3.05, 3.63) is 28.2 Å². The van der Waals surface area contributed by atoms with Gasteiger partial charge in [-0.3, -0.25) is 4.79 Å². The lowest BCUT2D eigenvalue weighted by Crippen LogP contribution is -2.32. The molecule has 0 bridgehead atoms. The Morgan fingerprint density at radius 1 is 1.59 bits per heavy atom. The summed E-state index contributed by atoms with van der Waals surface area (Å²) in [7, 11) is 3.46. The minimum Gasteiger partial charge on any atom is -0.389 e. The molecule has 0 aliphatic rings. The first-order valence-corrected chi connectivity index (χ1v) is 6.14. The first-order valence-electron chi connectivity index (χ1n) is 5.35. The van der Waals surface area contributed by atoms with Crippen LogP contribution in [0.15, 0.2) is 22.7 Å². The zero-order valence-electron chi connectivity index (χ0n) is 10.2. The molecular formula is C12H17BrN2O2. The fourth-order valence-electron chi connectivity index (χ4n) is 1.48. The third-order valence-corrected chi connectivity index (χ3v) is 3.22. The van der Waals surface area contributed by atoms with Gasteiger partial charge in [-0.2, -0.15) is 0 Å². The predicted octanol–water partition coefficient (Wildman–Crippen LogP) is 1.68. The van der Waals surface area contributed by atoms with Gasteiger partial charge < -0.3 is 15.3 Å². The Morgan fingerprint density at radius 2 is 2.24 bits per heavy atom. The second-order valence-electron chi connectivity index (χ2n) is 3.91. The Kier molecular flexibility index (Phi) is 4.96. The van der Waals surface area contributed by atoms with Crippen LogP contribution in [0, 0.1) is 0 Å². The highest BCUT2D eigenvalue weighted by molar-refractivity contribution is 9.10. The van der Waals surface area contributed by atoms with Gasteiger partial charge in [0.2, 0.25) is 5.91 Å². The number of nitrogens with one attached hydrogen (secondary N) is 1. The number of hydrogen-bond donors (Lipinski definition) is 2. The van der Waals surface area contributed by atoms with Gasteiger partial charge in [0.05, 0.1) is 12.6 Å². The molecule has 0 unspecified atom stereocenters. The van der Waals surface area contributed by atoms with Gasteiger partial charge in [0, 0.05) is 24.3 Å². The molecule has 0 aromatic heterocycles. The number of likely N-dealkylation sites (N-methyl/N-ethyl adjacent to an activating group) is 2. The van der Waals surface area contributed by atoms with Gasteiger partial charge in [0.25, 0.3) is 0 Å². The molecular weight excluding hydrogens is 284 g/mol. The predicted molar refractivity (Wildman–Crippen MR) is 72.1 cm³/mol. The number of hydrogen-bond acceptors (Lipinski definition) is 3. The monoisotopic (exact) mass is 300 g/mol. The summed E-state index contributed by atoms with van der Waals surface area (Å²) in [5.41, 5.74) is 1.76. The topological polar surface area (TPSA) is 52.6 Å². The Labute approximate surface area is 110 Å². The summed E-state index contributed by atoms with van der Waals surface area (Å²) in [6.07, 6.45) is -0.511. The summed E-state index contributed by atoms with van der Waals surface area (Å²) in [6, 6.07) is 5.63. The molecule has 1 rings (SSSR count). The van der Waals surface area contributed by atoms with E-state index in [1.54, 1.807) is 14.0 Å². The molecule has 0 fully saturated rings. The molecule has 94 valence electrons. The Hall–Kier alpha value is -1.07. The largest absolute Gasteiger partial charge is 0.389 e. The van der Waals surface area contributed by atoms with Crippen molar-refractivity contribution in [2.75, 3.05) is 25.5 Å². The van der Waals surface area contributed by atoms with Gasteiger partial charge in [0.15, 0.2) is 0 Å². The van der Waals surface area contributed by atoms with Gasteiger partial charge in [-0.1, -0.05) is 22.0 Å². The van der Waals surface area contributed by atoms with E-state index < -0.39 is 6.10 Å². The number of rotatable bonds is 4. The van der Waals surface area contributed by atoms with Crippen LogP contribution >= 0.6 is 15.9 Å². The summed E-state index contributed by atoms with van der Waals surface area (Å²) >= 11 is 3.41. The molecule has 0 saturated carbocycles. The highest BCUT2D eigenvalue weighted by atomic mass is 79.9. The number of anilines is 1. The fourth-order valence-corrected chi connectivity index (χ4v) is 2.18. The smallest absolute Gasteiger partial charge is 0.239 e. The number of benzene rings is 1. The zero-order chi connectivity index (χ0) is 13.0. The van der Waals surface area contributed by atoms with E-state index >= 15 is 0 Å². The summed E-state index contributed by atoms with van der Waals surface area (Å²) in [5.74, 6) is -0.0387. The van der Waals surface area contributed by atoms with Crippen LogP contribution in [0.5, 0.6) is 0 Å². The van der Waals surface area contributed by atoms with E-state index in [1.807, 2.05) is 30.1 Å². The summed E-state index contributed by atoms with van der Waals surface area (Å²) in [4.78, 5) is 13.1. The molecule has 5 heteroatoms. The van der Waals surface area contributed by atoms with Crippen LogP contribution in [0.25, 0.3) is 0 Å². The van der Waals surface area contributed by atoms with Crippen molar-refractivity contribution in [2.45, 2.75) is 13.0 Å². The van der Waals surface area contributed by atoms with E-state index in [9.17, 15) is 9.90 Å². The molecule has 1 amide bonds. The molecule has 0 aliphatic heterocycles. The molecule has 17 heavy (non-hydrogen) atoms. The van der Waals surface area contributed by atoms with Gasteiger partial charge in [-0.15, -0.1) is 0 Å². The summed E-state index contributed by atoms with van der Waals surface area (Å²) in [6.45, 7) is 2.02. The van der Waals surface area contributed by atoms with Gasteiger partial charge in [-0.25, -0.2) is 0 Å². The maximum absolute atomic E-state index is 11.3. The maximum atomic E-state index is 11.3. The van der Waals surface area contributed by atoms with Gasteiger partial charge in [-0.05, 0) is 24.6 Å². The molecule has 0 spiro atoms. The minimum atomic E-state index is -0.511. The minimum absolute atomic E-state index is 0.0387. The Bertz CT molecular complexity index is 407. The third kappa shape index (κ3) is 3.71. The van der Waals surface area contributed by atoms with E-state index in [0.717, 1.165) is 15.7 Å². The first-order chi connectivity index (χ1) is 7.95. The average Bonchev–Trinajstić information content (AvgIpc) is 2.28. The molecule has 1 atom stereocenters. The number of halogens is 1.